The predicted molar refractivity (Wildman–Crippen MR) is 135 cm³/mol. The fourth-order valence-corrected chi connectivity index (χ4v) is 4.63. The van der Waals surface area contributed by atoms with Gasteiger partial charge in [0, 0.05) is 17.0 Å². The average molecular weight is 460 g/mol. The van der Waals surface area contributed by atoms with Gasteiger partial charge in [-0.05, 0) is 58.7 Å². The second kappa shape index (κ2) is 9.75. The summed E-state index contributed by atoms with van der Waals surface area (Å²) in [7, 11) is 1.62. The first kappa shape index (κ1) is 23.0. The van der Waals surface area contributed by atoms with Crippen LogP contribution in [0.25, 0.3) is 5.57 Å². The number of methoxy groups -OCH3 is 1. The summed E-state index contributed by atoms with van der Waals surface area (Å²) in [4.78, 5) is 16.2. The summed E-state index contributed by atoms with van der Waals surface area (Å²) >= 11 is 1.68. The summed E-state index contributed by atoms with van der Waals surface area (Å²) < 4.78 is 5.29. The van der Waals surface area contributed by atoms with Crippen LogP contribution in [0.1, 0.15) is 48.1 Å². The molecule has 0 spiro atoms. The number of rotatable bonds is 7. The van der Waals surface area contributed by atoms with E-state index in [1.807, 2.05) is 42.7 Å². The van der Waals surface area contributed by atoms with Crippen LogP contribution in [0.3, 0.4) is 0 Å². The van der Waals surface area contributed by atoms with Crippen molar-refractivity contribution in [2.45, 2.75) is 37.2 Å². The third-order valence-corrected chi connectivity index (χ3v) is 6.88. The van der Waals surface area contributed by atoms with Crippen LogP contribution in [0.5, 0.6) is 5.75 Å². The number of thioether (sulfide) groups is 1. The number of aliphatic hydroxyl groups excluding tert-OH is 1. The molecule has 1 aliphatic heterocycles. The van der Waals surface area contributed by atoms with E-state index in [1.165, 1.54) is 10.5 Å². The van der Waals surface area contributed by atoms with Crippen molar-refractivity contribution in [3.05, 3.63) is 101 Å². The van der Waals surface area contributed by atoms with E-state index in [1.54, 1.807) is 23.8 Å². The van der Waals surface area contributed by atoms with Crippen LogP contribution in [0.4, 0.5) is 0 Å². The zero-order valence-corrected chi connectivity index (χ0v) is 20.2. The van der Waals surface area contributed by atoms with Crippen LogP contribution in [0, 0.1) is 0 Å². The zero-order valence-electron chi connectivity index (χ0n) is 19.4. The summed E-state index contributed by atoms with van der Waals surface area (Å²) in [5.41, 5.74) is 4.67. The molecule has 0 unspecified atom stereocenters. The van der Waals surface area contributed by atoms with Gasteiger partial charge >= 0.3 is 0 Å². The molecule has 3 aromatic carbocycles. The minimum atomic E-state index is -0.382. The fourth-order valence-electron chi connectivity index (χ4n) is 4.22. The number of aliphatic hydroxyl groups is 1. The number of carbonyl (C=O) groups excluding carboxylic acids is 1. The SMILES string of the molecule is COc1ccc(C2=C(O)C(=O)N(Cc3ccc(SC)cc3)[C@@H]2c2ccc(C(C)C)cc2)cc1. The lowest BCUT2D eigenvalue weighted by Crippen LogP contribution is -2.29. The second-order valence-corrected chi connectivity index (χ2v) is 9.38. The first-order valence-electron chi connectivity index (χ1n) is 11.0. The minimum Gasteiger partial charge on any atom is -0.503 e. The Morgan fingerprint density at radius 3 is 2.15 bits per heavy atom. The Morgan fingerprint density at radius 2 is 1.61 bits per heavy atom. The van der Waals surface area contributed by atoms with E-state index in [-0.39, 0.29) is 17.7 Å². The Labute approximate surface area is 199 Å². The third-order valence-electron chi connectivity index (χ3n) is 6.14. The third kappa shape index (κ3) is 4.64. The van der Waals surface area contributed by atoms with Gasteiger partial charge < -0.3 is 14.7 Å². The smallest absolute Gasteiger partial charge is 0.290 e. The van der Waals surface area contributed by atoms with Gasteiger partial charge in [0.15, 0.2) is 5.76 Å². The topological polar surface area (TPSA) is 49.8 Å². The Bertz CT molecular complexity index is 1150. The molecule has 1 amide bonds. The fraction of sp³-hybridized carbons (Fsp3) is 0.250. The van der Waals surface area contributed by atoms with Crippen LogP contribution in [0.2, 0.25) is 0 Å². The van der Waals surface area contributed by atoms with Crippen molar-refractivity contribution in [3.63, 3.8) is 0 Å². The molecule has 0 fully saturated rings. The van der Waals surface area contributed by atoms with Crippen molar-refractivity contribution in [1.29, 1.82) is 0 Å². The highest BCUT2D eigenvalue weighted by Crippen LogP contribution is 2.44. The van der Waals surface area contributed by atoms with Gasteiger partial charge in [-0.15, -0.1) is 11.8 Å². The molecule has 1 N–H and O–H groups in total. The molecule has 170 valence electrons. The Morgan fingerprint density at radius 1 is 0.970 bits per heavy atom. The quantitative estimate of drug-likeness (QED) is 0.405. The van der Waals surface area contributed by atoms with E-state index < -0.39 is 0 Å². The van der Waals surface area contributed by atoms with Gasteiger partial charge in [0.05, 0.1) is 13.2 Å². The maximum atomic E-state index is 13.3. The Balaban J connectivity index is 1.76. The molecule has 1 heterocycles. The van der Waals surface area contributed by atoms with E-state index in [4.69, 9.17) is 4.74 Å². The molecule has 1 atom stereocenters. The number of hydrogen-bond acceptors (Lipinski definition) is 4. The molecule has 5 heteroatoms. The molecule has 0 saturated heterocycles. The van der Waals surface area contributed by atoms with E-state index in [0.717, 1.165) is 22.4 Å². The van der Waals surface area contributed by atoms with E-state index >= 15 is 0 Å². The number of hydrogen-bond donors (Lipinski definition) is 1. The number of benzene rings is 3. The second-order valence-electron chi connectivity index (χ2n) is 8.50. The summed E-state index contributed by atoms with van der Waals surface area (Å²) in [6, 6.07) is 23.7. The number of nitrogens with zero attached hydrogens (tertiary/aromatic N) is 1. The summed E-state index contributed by atoms with van der Waals surface area (Å²) in [6.07, 6.45) is 2.04. The molecule has 4 rings (SSSR count). The summed E-state index contributed by atoms with van der Waals surface area (Å²) in [5, 5.41) is 11.0. The van der Waals surface area contributed by atoms with Crippen LogP contribution < -0.4 is 4.74 Å². The Kier molecular flexibility index (Phi) is 6.80. The molecule has 0 bridgehead atoms. The molecule has 0 saturated carbocycles. The molecule has 0 aliphatic carbocycles. The Hall–Kier alpha value is -3.18. The van der Waals surface area contributed by atoms with Crippen molar-refractivity contribution in [1.82, 2.24) is 4.90 Å². The average Bonchev–Trinajstić information content (AvgIpc) is 3.09. The molecule has 1 aliphatic rings. The van der Waals surface area contributed by atoms with Crippen LogP contribution in [-0.4, -0.2) is 29.3 Å². The molecule has 0 aromatic heterocycles. The highest BCUT2D eigenvalue weighted by molar-refractivity contribution is 7.98. The van der Waals surface area contributed by atoms with Gasteiger partial charge in [-0.25, -0.2) is 0 Å². The maximum Gasteiger partial charge on any atom is 0.290 e. The van der Waals surface area contributed by atoms with Gasteiger partial charge in [-0.2, -0.15) is 0 Å². The minimum absolute atomic E-state index is 0.196. The first-order chi connectivity index (χ1) is 15.9. The normalized spacial score (nSPS) is 16.1. The molecule has 4 nitrogen and oxygen atoms in total. The number of amides is 1. The molecule has 3 aromatic rings. The zero-order chi connectivity index (χ0) is 23.5. The highest BCUT2D eigenvalue weighted by Gasteiger charge is 2.41. The van der Waals surface area contributed by atoms with Gasteiger partial charge in [0.2, 0.25) is 0 Å². The number of carbonyl (C=O) groups is 1. The molecular weight excluding hydrogens is 430 g/mol. The van der Waals surface area contributed by atoms with E-state index in [9.17, 15) is 9.90 Å². The van der Waals surface area contributed by atoms with Crippen molar-refractivity contribution in [2.24, 2.45) is 0 Å². The largest absolute Gasteiger partial charge is 0.503 e. The molecule has 33 heavy (non-hydrogen) atoms. The van der Waals surface area contributed by atoms with E-state index in [0.29, 0.717) is 18.0 Å². The summed E-state index contributed by atoms with van der Waals surface area (Å²) in [6.45, 7) is 4.73. The standard InChI is InChI=1S/C28H29NO3S/c1-18(2)20-7-9-22(10-8-20)26-25(21-11-13-23(32-3)14-12-21)27(30)28(31)29(26)17-19-5-15-24(33-4)16-6-19/h5-16,18,26,30H,17H2,1-4H3/t26-/m1/s1. The lowest BCUT2D eigenvalue weighted by atomic mass is 9.91. The summed E-state index contributed by atoms with van der Waals surface area (Å²) in [5.74, 6) is 0.596. The first-order valence-corrected chi connectivity index (χ1v) is 12.3. The van der Waals surface area contributed by atoms with Gasteiger partial charge in [0.1, 0.15) is 5.75 Å². The van der Waals surface area contributed by atoms with Crippen LogP contribution >= 0.6 is 11.8 Å². The lowest BCUT2D eigenvalue weighted by molar-refractivity contribution is -0.130. The molecular formula is C28H29NO3S. The van der Waals surface area contributed by atoms with Crippen LogP contribution in [-0.2, 0) is 11.3 Å². The van der Waals surface area contributed by atoms with Crippen molar-refractivity contribution in [3.8, 4) is 5.75 Å². The predicted octanol–water partition coefficient (Wildman–Crippen LogP) is 6.59. The van der Waals surface area contributed by atoms with Gasteiger partial charge in [0.25, 0.3) is 5.91 Å². The van der Waals surface area contributed by atoms with Gasteiger partial charge in [-0.3, -0.25) is 4.79 Å². The van der Waals surface area contributed by atoms with Crippen molar-refractivity contribution >= 4 is 23.2 Å². The van der Waals surface area contributed by atoms with Gasteiger partial charge in [-0.1, -0.05) is 62.4 Å². The van der Waals surface area contributed by atoms with E-state index in [2.05, 4.69) is 50.2 Å². The maximum absolute atomic E-state index is 13.3. The monoisotopic (exact) mass is 459 g/mol. The van der Waals surface area contributed by atoms with Crippen molar-refractivity contribution in [2.75, 3.05) is 13.4 Å². The lowest BCUT2D eigenvalue weighted by Gasteiger charge is -2.28. The molecule has 0 radical (unpaired) electrons. The van der Waals surface area contributed by atoms with Crippen LogP contribution in [0.15, 0.2) is 83.5 Å². The number of ether oxygens (including phenoxy) is 1. The highest BCUT2D eigenvalue weighted by atomic mass is 32.2. The van der Waals surface area contributed by atoms with Crippen molar-refractivity contribution < 1.29 is 14.6 Å².